The molecule has 2 aliphatic rings. The van der Waals surface area contributed by atoms with E-state index in [9.17, 15) is 0 Å². The number of rotatable bonds is 8. The van der Waals surface area contributed by atoms with Gasteiger partial charge in [0.25, 0.3) is 0 Å². The first-order valence-corrected chi connectivity index (χ1v) is 7.97. The van der Waals surface area contributed by atoms with Crippen LogP contribution in [0.4, 0.5) is 0 Å². The summed E-state index contributed by atoms with van der Waals surface area (Å²) in [5.41, 5.74) is 0. The van der Waals surface area contributed by atoms with Crippen molar-refractivity contribution in [3.8, 4) is 0 Å². The van der Waals surface area contributed by atoms with Crippen LogP contribution in [0.2, 0.25) is 0 Å². The molecule has 0 amide bonds. The lowest BCUT2D eigenvalue weighted by Gasteiger charge is -2.33. The molecule has 5 nitrogen and oxygen atoms in total. The summed E-state index contributed by atoms with van der Waals surface area (Å²) in [5, 5.41) is 0. The molecular formula is C16H28O5. The predicted octanol–water partition coefficient (Wildman–Crippen LogP) is 2.64. The van der Waals surface area contributed by atoms with Crippen LogP contribution in [0.15, 0.2) is 12.2 Å². The van der Waals surface area contributed by atoms with Crippen molar-refractivity contribution in [1.82, 2.24) is 0 Å². The van der Waals surface area contributed by atoms with E-state index in [0.29, 0.717) is 19.3 Å². The van der Waals surface area contributed by atoms with Crippen LogP contribution in [0.3, 0.4) is 0 Å². The van der Waals surface area contributed by atoms with Crippen molar-refractivity contribution in [2.24, 2.45) is 0 Å². The third-order valence-corrected chi connectivity index (χ3v) is 3.92. The van der Waals surface area contributed by atoms with Crippen molar-refractivity contribution in [2.45, 2.75) is 63.6 Å². The van der Waals surface area contributed by atoms with E-state index in [-0.39, 0.29) is 25.3 Å². The van der Waals surface area contributed by atoms with Gasteiger partial charge in [0.2, 0.25) is 0 Å². The SMILES string of the molecule is COCCOCO[C@H]1C=C[C@@H](OC2CCCCC2)O[C@H]1C. The molecule has 1 saturated carbocycles. The van der Waals surface area contributed by atoms with Gasteiger partial charge in [-0.05, 0) is 25.8 Å². The van der Waals surface area contributed by atoms with E-state index in [1.807, 2.05) is 19.1 Å². The Balaban J connectivity index is 1.66. The molecule has 1 aliphatic heterocycles. The molecule has 2 rings (SSSR count). The van der Waals surface area contributed by atoms with Gasteiger partial charge in [0.05, 0.1) is 25.4 Å². The van der Waals surface area contributed by atoms with Gasteiger partial charge in [-0.15, -0.1) is 0 Å². The molecular weight excluding hydrogens is 272 g/mol. The fraction of sp³-hybridized carbons (Fsp3) is 0.875. The van der Waals surface area contributed by atoms with Crippen LogP contribution in [0.5, 0.6) is 0 Å². The average Bonchev–Trinajstić information content (AvgIpc) is 2.50. The molecule has 0 unspecified atom stereocenters. The molecule has 1 heterocycles. The Kier molecular flexibility index (Phi) is 7.68. The normalized spacial score (nSPS) is 30.7. The van der Waals surface area contributed by atoms with Gasteiger partial charge in [-0.25, -0.2) is 0 Å². The monoisotopic (exact) mass is 300 g/mol. The largest absolute Gasteiger partial charge is 0.382 e. The molecule has 0 aromatic carbocycles. The van der Waals surface area contributed by atoms with Crippen LogP contribution in [0.1, 0.15) is 39.0 Å². The average molecular weight is 300 g/mol. The first kappa shape index (κ1) is 16.9. The number of ether oxygens (including phenoxy) is 5. The molecule has 0 aromatic heterocycles. The van der Waals surface area contributed by atoms with Crippen LogP contribution >= 0.6 is 0 Å². The van der Waals surface area contributed by atoms with E-state index < -0.39 is 0 Å². The minimum Gasteiger partial charge on any atom is -0.382 e. The Labute approximate surface area is 127 Å². The topological polar surface area (TPSA) is 46.2 Å². The molecule has 3 atom stereocenters. The Morgan fingerprint density at radius 1 is 1.10 bits per heavy atom. The Hall–Kier alpha value is -0.460. The quantitative estimate of drug-likeness (QED) is 0.392. The molecule has 0 saturated heterocycles. The second kappa shape index (κ2) is 9.54. The lowest BCUT2D eigenvalue weighted by atomic mass is 9.98. The van der Waals surface area contributed by atoms with E-state index in [1.165, 1.54) is 19.3 Å². The van der Waals surface area contributed by atoms with Gasteiger partial charge in [0.15, 0.2) is 6.29 Å². The molecule has 5 heteroatoms. The highest BCUT2D eigenvalue weighted by atomic mass is 16.7. The van der Waals surface area contributed by atoms with E-state index in [1.54, 1.807) is 7.11 Å². The molecule has 0 N–H and O–H groups in total. The van der Waals surface area contributed by atoms with Crippen LogP contribution in [-0.4, -0.2) is 51.7 Å². The van der Waals surface area contributed by atoms with Gasteiger partial charge in [-0.2, -0.15) is 0 Å². The maximum atomic E-state index is 6.00. The van der Waals surface area contributed by atoms with Gasteiger partial charge in [0, 0.05) is 7.11 Å². The minimum absolute atomic E-state index is 0.0328. The molecule has 0 bridgehead atoms. The highest BCUT2D eigenvalue weighted by Gasteiger charge is 2.27. The van der Waals surface area contributed by atoms with E-state index in [0.717, 1.165) is 12.8 Å². The molecule has 21 heavy (non-hydrogen) atoms. The fourth-order valence-corrected chi connectivity index (χ4v) is 2.68. The van der Waals surface area contributed by atoms with Crippen molar-refractivity contribution < 1.29 is 23.7 Å². The second-order valence-electron chi connectivity index (χ2n) is 5.64. The summed E-state index contributed by atoms with van der Waals surface area (Å²) >= 11 is 0. The zero-order valence-electron chi connectivity index (χ0n) is 13.2. The van der Waals surface area contributed by atoms with Crippen LogP contribution in [0.25, 0.3) is 0 Å². The van der Waals surface area contributed by atoms with Crippen molar-refractivity contribution in [3.05, 3.63) is 12.2 Å². The summed E-state index contributed by atoms with van der Waals surface area (Å²) in [7, 11) is 1.65. The Morgan fingerprint density at radius 2 is 1.90 bits per heavy atom. The van der Waals surface area contributed by atoms with Crippen LogP contribution in [0, 0.1) is 0 Å². The molecule has 0 spiro atoms. The zero-order chi connectivity index (χ0) is 14.9. The lowest BCUT2D eigenvalue weighted by molar-refractivity contribution is -0.207. The van der Waals surface area contributed by atoms with Gasteiger partial charge in [-0.3, -0.25) is 0 Å². The molecule has 1 fully saturated rings. The number of methoxy groups -OCH3 is 1. The van der Waals surface area contributed by atoms with Gasteiger partial charge in [-0.1, -0.05) is 25.3 Å². The summed E-state index contributed by atoms with van der Waals surface area (Å²) < 4.78 is 27.7. The van der Waals surface area contributed by atoms with E-state index in [4.69, 9.17) is 23.7 Å². The minimum atomic E-state index is -0.239. The standard InChI is InChI=1S/C16H28O5/c1-13-15(19-12-18-11-10-17-2)8-9-16(20-13)21-14-6-4-3-5-7-14/h8-9,13-16H,3-7,10-12H2,1-2H3/t13-,15-,16+/m0/s1. The molecule has 122 valence electrons. The molecule has 1 aliphatic carbocycles. The number of hydrogen-bond donors (Lipinski definition) is 0. The predicted molar refractivity (Wildman–Crippen MR) is 79.0 cm³/mol. The highest BCUT2D eigenvalue weighted by molar-refractivity contribution is 4.99. The zero-order valence-corrected chi connectivity index (χ0v) is 13.2. The first-order valence-electron chi connectivity index (χ1n) is 7.97. The van der Waals surface area contributed by atoms with Crippen molar-refractivity contribution >= 4 is 0 Å². The highest BCUT2D eigenvalue weighted by Crippen LogP contribution is 2.24. The fourth-order valence-electron chi connectivity index (χ4n) is 2.68. The third kappa shape index (κ3) is 6.04. The summed E-state index contributed by atoms with van der Waals surface area (Å²) in [4.78, 5) is 0. The summed E-state index contributed by atoms with van der Waals surface area (Å²) in [6, 6.07) is 0. The summed E-state index contributed by atoms with van der Waals surface area (Å²) in [6.45, 7) is 3.36. The van der Waals surface area contributed by atoms with Crippen molar-refractivity contribution in [3.63, 3.8) is 0 Å². The third-order valence-electron chi connectivity index (χ3n) is 3.92. The lowest BCUT2D eigenvalue weighted by Crippen LogP contribution is -2.38. The van der Waals surface area contributed by atoms with Crippen LogP contribution < -0.4 is 0 Å². The van der Waals surface area contributed by atoms with Crippen LogP contribution in [-0.2, 0) is 23.7 Å². The van der Waals surface area contributed by atoms with E-state index >= 15 is 0 Å². The maximum absolute atomic E-state index is 6.00. The summed E-state index contributed by atoms with van der Waals surface area (Å²) in [5.74, 6) is 0. The summed E-state index contributed by atoms with van der Waals surface area (Å²) in [6.07, 6.45) is 10.1. The Bertz CT molecular complexity index is 301. The van der Waals surface area contributed by atoms with Gasteiger partial charge in [0.1, 0.15) is 12.9 Å². The molecule has 0 aromatic rings. The molecule has 0 radical (unpaired) electrons. The number of hydrogen-bond acceptors (Lipinski definition) is 5. The van der Waals surface area contributed by atoms with Gasteiger partial charge < -0.3 is 23.7 Å². The van der Waals surface area contributed by atoms with Gasteiger partial charge >= 0.3 is 0 Å². The first-order chi connectivity index (χ1) is 10.3. The van der Waals surface area contributed by atoms with Crippen molar-refractivity contribution in [1.29, 1.82) is 0 Å². The van der Waals surface area contributed by atoms with E-state index in [2.05, 4.69) is 0 Å². The maximum Gasteiger partial charge on any atom is 0.177 e. The smallest absolute Gasteiger partial charge is 0.177 e. The van der Waals surface area contributed by atoms with Crippen molar-refractivity contribution in [2.75, 3.05) is 27.1 Å². The second-order valence-corrected chi connectivity index (χ2v) is 5.64. The Morgan fingerprint density at radius 3 is 2.62 bits per heavy atom.